The zero-order valence-corrected chi connectivity index (χ0v) is 17.8. The van der Waals surface area contributed by atoms with Gasteiger partial charge in [-0.2, -0.15) is 0 Å². The van der Waals surface area contributed by atoms with Crippen LogP contribution in [0.15, 0.2) is 59.3 Å². The van der Waals surface area contributed by atoms with Gasteiger partial charge in [0.2, 0.25) is 0 Å². The Morgan fingerprint density at radius 2 is 1.48 bits per heavy atom. The summed E-state index contributed by atoms with van der Waals surface area (Å²) in [5.41, 5.74) is 3.26. The second-order valence-corrected chi connectivity index (χ2v) is 7.93. The van der Waals surface area contributed by atoms with E-state index in [9.17, 15) is 0 Å². The first kappa shape index (κ1) is 17.4. The van der Waals surface area contributed by atoms with Crippen molar-refractivity contribution in [3.63, 3.8) is 0 Å². The predicted octanol–water partition coefficient (Wildman–Crippen LogP) is 7.31. The first-order chi connectivity index (χ1) is 9.91. The molecule has 0 bridgehead atoms. The van der Waals surface area contributed by atoms with E-state index in [1.807, 2.05) is 31.2 Å². The molecule has 0 saturated carbocycles. The molecule has 0 aliphatic rings. The molecule has 2 aromatic carbocycles. The van der Waals surface area contributed by atoms with Crippen LogP contribution in [0.4, 0.5) is 0 Å². The van der Waals surface area contributed by atoms with Crippen molar-refractivity contribution >= 4 is 69.4 Å². The van der Waals surface area contributed by atoms with Crippen molar-refractivity contribution in [2.45, 2.75) is 19.9 Å². The highest BCUT2D eigenvalue weighted by Crippen LogP contribution is 2.33. The monoisotopic (exact) mass is 535 g/mol. The molecule has 2 rings (SSSR count). The topological polar surface area (TPSA) is 12.4 Å². The minimum absolute atomic E-state index is 0.0720. The maximum Gasteiger partial charge on any atom is 0.0735 e. The number of hydrogen-bond donors (Lipinski definition) is 0. The van der Waals surface area contributed by atoms with Gasteiger partial charge in [0.15, 0.2) is 0 Å². The van der Waals surface area contributed by atoms with E-state index < -0.39 is 0 Å². The third-order valence-corrected chi connectivity index (χ3v) is 7.29. The van der Waals surface area contributed by atoms with E-state index in [1.165, 1.54) is 0 Å². The molecular formula is C16H13Br4N. The summed E-state index contributed by atoms with van der Waals surface area (Å²) in [6.07, 6.45) is 0. The average molecular weight is 539 g/mol. The van der Waals surface area contributed by atoms with Gasteiger partial charge in [-0.15, -0.1) is 0 Å². The lowest BCUT2D eigenvalue weighted by atomic mass is 10.1. The fourth-order valence-electron chi connectivity index (χ4n) is 2.06. The van der Waals surface area contributed by atoms with Gasteiger partial charge in [-0.05, 0) is 95.3 Å². The lowest BCUT2D eigenvalue weighted by Crippen LogP contribution is -2.01. The molecule has 1 nitrogen and oxygen atoms in total. The van der Waals surface area contributed by atoms with E-state index in [0.717, 1.165) is 34.7 Å². The van der Waals surface area contributed by atoms with Crippen LogP contribution in [0.5, 0.6) is 0 Å². The SMILES string of the molecule is CC(=NC(C)c1cccc(Br)c1Br)c1cccc(Br)c1Br. The smallest absolute Gasteiger partial charge is 0.0735 e. The zero-order valence-electron chi connectivity index (χ0n) is 11.5. The van der Waals surface area contributed by atoms with Gasteiger partial charge in [0, 0.05) is 29.2 Å². The molecule has 0 amide bonds. The standard InChI is InChI=1S/C16H13Br4N/c1-9(11-5-3-7-13(17)15(11)19)21-10(2)12-6-4-8-14(18)16(12)20/h3-9H,1-2H3. The van der Waals surface area contributed by atoms with Gasteiger partial charge >= 0.3 is 0 Å². The fraction of sp³-hybridized carbons (Fsp3) is 0.188. The summed E-state index contributed by atoms with van der Waals surface area (Å²) >= 11 is 14.3. The van der Waals surface area contributed by atoms with E-state index in [4.69, 9.17) is 4.99 Å². The Morgan fingerprint density at radius 1 is 0.905 bits per heavy atom. The molecule has 1 unspecified atom stereocenters. The molecule has 0 aromatic heterocycles. The van der Waals surface area contributed by atoms with Crippen LogP contribution in [0.3, 0.4) is 0 Å². The van der Waals surface area contributed by atoms with Crippen LogP contribution >= 0.6 is 63.7 Å². The Labute approximate surface area is 158 Å². The Morgan fingerprint density at radius 3 is 2.14 bits per heavy atom. The summed E-state index contributed by atoms with van der Waals surface area (Å²) in [6.45, 7) is 4.14. The van der Waals surface area contributed by atoms with Crippen LogP contribution in [-0.4, -0.2) is 5.71 Å². The number of aliphatic imine (C=N–C) groups is 1. The molecule has 0 spiro atoms. The molecule has 2 aromatic rings. The summed E-state index contributed by atoms with van der Waals surface area (Å²) in [5, 5.41) is 0. The highest BCUT2D eigenvalue weighted by atomic mass is 79.9. The highest BCUT2D eigenvalue weighted by molar-refractivity contribution is 9.13. The molecular weight excluding hydrogens is 526 g/mol. The maximum absolute atomic E-state index is 4.84. The van der Waals surface area contributed by atoms with Crippen molar-refractivity contribution in [2.75, 3.05) is 0 Å². The van der Waals surface area contributed by atoms with Crippen molar-refractivity contribution in [2.24, 2.45) is 4.99 Å². The average Bonchev–Trinajstić information content (AvgIpc) is 2.44. The van der Waals surface area contributed by atoms with Gasteiger partial charge in [0.1, 0.15) is 0 Å². The molecule has 0 heterocycles. The second-order valence-electron chi connectivity index (χ2n) is 4.63. The molecule has 21 heavy (non-hydrogen) atoms. The quantitative estimate of drug-likeness (QED) is 0.363. The van der Waals surface area contributed by atoms with Crippen molar-refractivity contribution < 1.29 is 0 Å². The molecule has 0 radical (unpaired) electrons. The molecule has 5 heteroatoms. The Hall–Kier alpha value is 0.0300. The third kappa shape index (κ3) is 4.06. The minimum Gasteiger partial charge on any atom is -0.282 e. The van der Waals surface area contributed by atoms with Gasteiger partial charge in [0.05, 0.1) is 6.04 Å². The van der Waals surface area contributed by atoms with E-state index in [0.29, 0.717) is 0 Å². The Kier molecular flexibility index (Phi) is 6.24. The van der Waals surface area contributed by atoms with Crippen LogP contribution in [0.1, 0.15) is 31.0 Å². The Balaban J connectivity index is 2.38. The summed E-state index contributed by atoms with van der Waals surface area (Å²) in [7, 11) is 0. The van der Waals surface area contributed by atoms with Crippen LogP contribution in [0, 0.1) is 0 Å². The number of halogens is 4. The Bertz CT molecular complexity index is 695. The van der Waals surface area contributed by atoms with Crippen molar-refractivity contribution in [1.82, 2.24) is 0 Å². The van der Waals surface area contributed by atoms with Gasteiger partial charge in [0.25, 0.3) is 0 Å². The minimum atomic E-state index is 0.0720. The molecule has 0 saturated heterocycles. The molecule has 110 valence electrons. The number of benzene rings is 2. The van der Waals surface area contributed by atoms with Crippen LogP contribution in [0.2, 0.25) is 0 Å². The zero-order chi connectivity index (χ0) is 15.6. The maximum atomic E-state index is 4.84. The molecule has 0 aliphatic carbocycles. The van der Waals surface area contributed by atoms with Crippen LogP contribution in [-0.2, 0) is 0 Å². The first-order valence-corrected chi connectivity index (χ1v) is 9.51. The van der Waals surface area contributed by atoms with Crippen LogP contribution < -0.4 is 0 Å². The lowest BCUT2D eigenvalue weighted by molar-refractivity contribution is 0.813. The number of rotatable bonds is 3. The van der Waals surface area contributed by atoms with Crippen LogP contribution in [0.25, 0.3) is 0 Å². The summed E-state index contributed by atoms with van der Waals surface area (Å²) < 4.78 is 4.17. The van der Waals surface area contributed by atoms with E-state index in [2.05, 4.69) is 82.8 Å². The number of hydrogen-bond acceptors (Lipinski definition) is 1. The van der Waals surface area contributed by atoms with Crippen molar-refractivity contribution in [3.05, 3.63) is 65.4 Å². The fourth-order valence-corrected chi connectivity index (χ4v) is 3.95. The second kappa shape index (κ2) is 7.53. The van der Waals surface area contributed by atoms with Crippen molar-refractivity contribution in [3.8, 4) is 0 Å². The normalized spacial score (nSPS) is 13.3. The van der Waals surface area contributed by atoms with Gasteiger partial charge in [-0.25, -0.2) is 0 Å². The van der Waals surface area contributed by atoms with E-state index in [1.54, 1.807) is 0 Å². The highest BCUT2D eigenvalue weighted by Gasteiger charge is 2.12. The summed E-state index contributed by atoms with van der Waals surface area (Å²) in [6, 6.07) is 12.3. The van der Waals surface area contributed by atoms with Gasteiger partial charge < -0.3 is 0 Å². The molecule has 0 fully saturated rings. The third-order valence-electron chi connectivity index (χ3n) is 3.16. The predicted molar refractivity (Wildman–Crippen MR) is 104 cm³/mol. The van der Waals surface area contributed by atoms with Gasteiger partial charge in [-0.3, -0.25) is 4.99 Å². The van der Waals surface area contributed by atoms with Gasteiger partial charge in [-0.1, -0.05) is 24.3 Å². The van der Waals surface area contributed by atoms with E-state index >= 15 is 0 Å². The molecule has 0 aliphatic heterocycles. The largest absolute Gasteiger partial charge is 0.282 e. The molecule has 0 N–H and O–H groups in total. The number of nitrogens with zero attached hydrogens (tertiary/aromatic N) is 1. The summed E-state index contributed by atoms with van der Waals surface area (Å²) in [4.78, 5) is 4.84. The molecule has 1 atom stereocenters. The van der Waals surface area contributed by atoms with Crippen molar-refractivity contribution in [1.29, 1.82) is 0 Å². The first-order valence-electron chi connectivity index (χ1n) is 6.34. The lowest BCUT2D eigenvalue weighted by Gasteiger charge is -2.13. The van der Waals surface area contributed by atoms with E-state index in [-0.39, 0.29) is 6.04 Å². The summed E-state index contributed by atoms with van der Waals surface area (Å²) in [5.74, 6) is 0.